The van der Waals surface area contributed by atoms with Crippen molar-refractivity contribution in [1.82, 2.24) is 15.5 Å². The van der Waals surface area contributed by atoms with Gasteiger partial charge in [-0.1, -0.05) is 0 Å². The number of carbonyl (C=O) groups excluding carboxylic acids is 4. The highest BCUT2D eigenvalue weighted by molar-refractivity contribution is 6.22. The van der Waals surface area contributed by atoms with Gasteiger partial charge in [0.15, 0.2) is 0 Å². The lowest BCUT2D eigenvalue weighted by Crippen LogP contribution is -2.38. The maximum absolute atomic E-state index is 12.4. The van der Waals surface area contributed by atoms with E-state index in [2.05, 4.69) is 5.32 Å². The van der Waals surface area contributed by atoms with Crippen LogP contribution in [0.1, 0.15) is 43.9 Å². The van der Waals surface area contributed by atoms with Crippen LogP contribution in [0.4, 0.5) is 13.2 Å². The molecular formula is C18H20F3N3O5. The number of nitrogens with one attached hydrogen (secondary N) is 2. The van der Waals surface area contributed by atoms with Gasteiger partial charge in [-0.25, -0.2) is 0 Å². The summed E-state index contributed by atoms with van der Waals surface area (Å²) in [7, 11) is 1.51. The number of hydrogen-bond donors (Lipinski definition) is 2. The third-order valence-corrected chi connectivity index (χ3v) is 4.15. The molecule has 1 aromatic carbocycles. The lowest BCUT2D eigenvalue weighted by molar-refractivity contribution is -0.173. The molecule has 1 aliphatic heterocycles. The van der Waals surface area contributed by atoms with E-state index in [1.165, 1.54) is 25.3 Å². The quantitative estimate of drug-likeness (QED) is 0.465. The molecule has 0 fully saturated rings. The second-order valence-corrected chi connectivity index (χ2v) is 6.23. The summed E-state index contributed by atoms with van der Waals surface area (Å²) in [6, 6.07) is 4.10. The number of ether oxygens (including phenoxy) is 1. The Kier molecular flexibility index (Phi) is 7.32. The molecular weight excluding hydrogens is 395 g/mol. The fourth-order valence-corrected chi connectivity index (χ4v) is 2.70. The molecule has 0 radical (unpaired) electrons. The van der Waals surface area contributed by atoms with E-state index in [0.717, 1.165) is 4.90 Å². The van der Waals surface area contributed by atoms with E-state index in [4.69, 9.17) is 4.74 Å². The van der Waals surface area contributed by atoms with E-state index >= 15 is 0 Å². The molecule has 0 unspecified atom stereocenters. The predicted molar refractivity (Wildman–Crippen MR) is 94.3 cm³/mol. The van der Waals surface area contributed by atoms with Gasteiger partial charge in [0.2, 0.25) is 0 Å². The lowest BCUT2D eigenvalue weighted by atomic mass is 10.1. The second-order valence-electron chi connectivity index (χ2n) is 6.23. The number of nitrogens with zero attached hydrogens (tertiary/aromatic N) is 1. The minimum Gasteiger partial charge on any atom is -0.385 e. The number of methoxy groups -OCH3 is 1. The van der Waals surface area contributed by atoms with Gasteiger partial charge in [-0.2, -0.15) is 13.2 Å². The first-order valence-corrected chi connectivity index (χ1v) is 8.79. The van der Waals surface area contributed by atoms with Crippen molar-refractivity contribution in [2.24, 2.45) is 0 Å². The van der Waals surface area contributed by atoms with Gasteiger partial charge in [0.05, 0.1) is 11.1 Å². The van der Waals surface area contributed by atoms with Gasteiger partial charge in [0.25, 0.3) is 17.7 Å². The van der Waals surface area contributed by atoms with Crippen molar-refractivity contribution in [2.75, 3.05) is 33.4 Å². The van der Waals surface area contributed by atoms with Gasteiger partial charge in [-0.15, -0.1) is 0 Å². The Labute approximate surface area is 164 Å². The van der Waals surface area contributed by atoms with Crippen LogP contribution >= 0.6 is 0 Å². The monoisotopic (exact) mass is 415 g/mol. The summed E-state index contributed by atoms with van der Waals surface area (Å²) >= 11 is 0. The van der Waals surface area contributed by atoms with Crippen LogP contribution in [-0.2, 0) is 9.53 Å². The maximum Gasteiger partial charge on any atom is 0.471 e. The molecule has 0 aliphatic carbocycles. The van der Waals surface area contributed by atoms with Crippen LogP contribution in [-0.4, -0.2) is 68.1 Å². The number of benzene rings is 1. The molecule has 0 saturated heterocycles. The lowest BCUT2D eigenvalue weighted by Gasteiger charge is -2.12. The normalized spacial score (nSPS) is 13.4. The summed E-state index contributed by atoms with van der Waals surface area (Å²) < 4.78 is 41.0. The van der Waals surface area contributed by atoms with Crippen LogP contribution in [0.5, 0.6) is 0 Å². The molecule has 1 aliphatic rings. The zero-order chi connectivity index (χ0) is 21.6. The molecule has 0 aromatic heterocycles. The summed E-state index contributed by atoms with van der Waals surface area (Å²) in [6.45, 7) is 0.353. The van der Waals surface area contributed by atoms with Crippen LogP contribution in [0, 0.1) is 0 Å². The molecule has 1 aromatic rings. The highest BCUT2D eigenvalue weighted by atomic mass is 19.4. The maximum atomic E-state index is 12.4. The van der Waals surface area contributed by atoms with Crippen molar-refractivity contribution < 1.29 is 37.1 Å². The molecule has 0 spiro atoms. The Morgan fingerprint density at radius 2 is 1.69 bits per heavy atom. The van der Waals surface area contributed by atoms with Crippen molar-refractivity contribution in [1.29, 1.82) is 0 Å². The summed E-state index contributed by atoms with van der Waals surface area (Å²) in [6.07, 6.45) is -4.38. The molecule has 2 N–H and O–H groups in total. The van der Waals surface area contributed by atoms with E-state index in [1.807, 2.05) is 0 Å². The molecule has 0 atom stereocenters. The minimum absolute atomic E-state index is 0.0179. The number of amides is 4. The Hall–Kier alpha value is -2.95. The number of carbonyl (C=O) groups is 4. The number of fused-ring (bicyclic) bond motifs is 1. The van der Waals surface area contributed by atoms with Gasteiger partial charge in [-0.3, -0.25) is 24.1 Å². The number of rotatable bonds is 9. The first kappa shape index (κ1) is 22.3. The molecule has 1 heterocycles. The average Bonchev–Trinajstić information content (AvgIpc) is 2.91. The Morgan fingerprint density at radius 1 is 1.03 bits per heavy atom. The fourth-order valence-electron chi connectivity index (χ4n) is 2.70. The second kappa shape index (κ2) is 9.50. The van der Waals surface area contributed by atoms with E-state index < -0.39 is 29.8 Å². The van der Waals surface area contributed by atoms with Crippen molar-refractivity contribution in [3.8, 4) is 0 Å². The number of imide groups is 1. The fraction of sp³-hybridized carbons (Fsp3) is 0.444. The largest absolute Gasteiger partial charge is 0.471 e. The van der Waals surface area contributed by atoms with Gasteiger partial charge in [0, 0.05) is 38.9 Å². The summed E-state index contributed by atoms with van der Waals surface area (Å²) in [5.41, 5.74) is 0.472. The zero-order valence-electron chi connectivity index (χ0n) is 15.6. The Morgan fingerprint density at radius 3 is 2.34 bits per heavy atom. The molecule has 4 amide bonds. The van der Waals surface area contributed by atoms with Crippen LogP contribution in [0.25, 0.3) is 0 Å². The third kappa shape index (κ3) is 5.53. The standard InChI is InChI=1S/C18H20F3N3O5/c1-29-9-3-8-24-15(26)12-5-4-11(10-13(12)16(24)27)14(25)22-6-2-7-23-17(28)18(19,20)21/h4-5,10H,2-3,6-9H2,1H3,(H,22,25)(H,23,28). The first-order chi connectivity index (χ1) is 13.7. The SMILES string of the molecule is COCCCN1C(=O)c2ccc(C(=O)NCCCNC(=O)C(F)(F)F)cc2C1=O. The first-order valence-electron chi connectivity index (χ1n) is 8.79. The molecule has 0 saturated carbocycles. The molecule has 0 bridgehead atoms. The smallest absolute Gasteiger partial charge is 0.385 e. The third-order valence-electron chi connectivity index (χ3n) is 4.15. The van der Waals surface area contributed by atoms with Crippen LogP contribution < -0.4 is 10.6 Å². The molecule has 29 heavy (non-hydrogen) atoms. The highest BCUT2D eigenvalue weighted by Gasteiger charge is 2.38. The van der Waals surface area contributed by atoms with Crippen LogP contribution in [0.3, 0.4) is 0 Å². The Balaban J connectivity index is 1.89. The number of alkyl halides is 3. The van der Waals surface area contributed by atoms with Crippen LogP contribution in [0.2, 0.25) is 0 Å². The summed E-state index contributed by atoms with van der Waals surface area (Å²) in [4.78, 5) is 48.7. The zero-order valence-corrected chi connectivity index (χ0v) is 15.6. The topological polar surface area (TPSA) is 105 Å². The minimum atomic E-state index is -4.95. The van der Waals surface area contributed by atoms with E-state index in [0.29, 0.717) is 13.0 Å². The van der Waals surface area contributed by atoms with Crippen LogP contribution in [0.15, 0.2) is 18.2 Å². The van der Waals surface area contributed by atoms with Crippen molar-refractivity contribution >= 4 is 23.6 Å². The van der Waals surface area contributed by atoms with Gasteiger partial charge in [0.1, 0.15) is 0 Å². The van der Waals surface area contributed by atoms with Crippen molar-refractivity contribution in [2.45, 2.75) is 19.0 Å². The van der Waals surface area contributed by atoms with Crippen molar-refractivity contribution in [3.63, 3.8) is 0 Å². The van der Waals surface area contributed by atoms with E-state index in [1.54, 1.807) is 5.32 Å². The number of hydrogen-bond acceptors (Lipinski definition) is 5. The molecule has 2 rings (SSSR count). The number of halogens is 3. The molecule has 8 nitrogen and oxygen atoms in total. The Bertz CT molecular complexity index is 810. The van der Waals surface area contributed by atoms with E-state index in [-0.39, 0.29) is 42.7 Å². The highest BCUT2D eigenvalue weighted by Crippen LogP contribution is 2.24. The van der Waals surface area contributed by atoms with Crippen molar-refractivity contribution in [3.05, 3.63) is 34.9 Å². The van der Waals surface area contributed by atoms with Gasteiger partial charge >= 0.3 is 12.1 Å². The summed E-state index contributed by atoms with van der Waals surface area (Å²) in [5.74, 6) is -3.52. The van der Waals surface area contributed by atoms with Gasteiger partial charge < -0.3 is 15.4 Å². The summed E-state index contributed by atoms with van der Waals surface area (Å²) in [5, 5.41) is 4.18. The molecule has 11 heteroatoms. The predicted octanol–water partition coefficient (Wildman–Crippen LogP) is 1.12. The average molecular weight is 415 g/mol. The van der Waals surface area contributed by atoms with E-state index in [9.17, 15) is 32.3 Å². The van der Waals surface area contributed by atoms with Gasteiger partial charge in [-0.05, 0) is 31.0 Å². The molecule has 158 valence electrons.